The van der Waals surface area contributed by atoms with Crippen molar-refractivity contribution in [1.82, 2.24) is 14.9 Å². The van der Waals surface area contributed by atoms with Crippen LogP contribution < -0.4 is 5.56 Å². The van der Waals surface area contributed by atoms with Crippen LogP contribution in [0.5, 0.6) is 0 Å². The molecule has 142 valence electrons. The summed E-state index contributed by atoms with van der Waals surface area (Å²) in [5, 5.41) is 5.14. The zero-order chi connectivity index (χ0) is 18.8. The molecular weight excluding hydrogens is 398 g/mol. The van der Waals surface area contributed by atoms with Gasteiger partial charge in [0.2, 0.25) is 5.91 Å². The summed E-state index contributed by atoms with van der Waals surface area (Å²) in [6.45, 7) is 2.98. The molecule has 0 saturated carbocycles. The van der Waals surface area contributed by atoms with Crippen molar-refractivity contribution in [3.63, 3.8) is 0 Å². The number of nitrogens with one attached hydrogen (secondary N) is 1. The third-order valence-electron chi connectivity index (χ3n) is 4.96. The molecule has 1 aliphatic rings. The molecule has 4 rings (SSSR count). The Balaban J connectivity index is 1.51. The Morgan fingerprint density at radius 3 is 3.07 bits per heavy atom. The molecule has 1 saturated heterocycles. The van der Waals surface area contributed by atoms with E-state index in [1.807, 2.05) is 27.8 Å². The van der Waals surface area contributed by atoms with Crippen LogP contribution >= 0.6 is 34.4 Å². The van der Waals surface area contributed by atoms with Gasteiger partial charge in [0.15, 0.2) is 5.16 Å². The summed E-state index contributed by atoms with van der Waals surface area (Å²) in [6.07, 6.45) is 4.37. The molecule has 27 heavy (non-hydrogen) atoms. The van der Waals surface area contributed by atoms with Gasteiger partial charge >= 0.3 is 0 Å². The Morgan fingerprint density at radius 1 is 1.41 bits per heavy atom. The SMILES string of the molecule is CC[C@H]1CCCCN1C(=O)CSc1nc2scc(-c3cccs3)c2c(=O)[nH]1. The second-order valence-corrected chi connectivity index (χ2v) is 9.38. The Bertz CT molecular complexity index is 993. The molecule has 1 N–H and O–H groups in total. The minimum atomic E-state index is -0.135. The van der Waals surface area contributed by atoms with Crippen molar-refractivity contribution in [1.29, 1.82) is 0 Å². The molecule has 0 aliphatic carbocycles. The number of carbonyl (C=O) groups is 1. The molecule has 0 radical (unpaired) electrons. The quantitative estimate of drug-likeness (QED) is 0.485. The number of piperidine rings is 1. The Morgan fingerprint density at radius 2 is 2.30 bits per heavy atom. The molecule has 0 bridgehead atoms. The van der Waals surface area contributed by atoms with Gasteiger partial charge in [-0.2, -0.15) is 0 Å². The van der Waals surface area contributed by atoms with Crippen LogP contribution in [0.25, 0.3) is 20.7 Å². The van der Waals surface area contributed by atoms with Crippen molar-refractivity contribution in [2.75, 3.05) is 12.3 Å². The number of nitrogens with zero attached hydrogens (tertiary/aromatic N) is 2. The van der Waals surface area contributed by atoms with Crippen LogP contribution in [-0.2, 0) is 4.79 Å². The maximum Gasteiger partial charge on any atom is 0.260 e. The normalized spacial score (nSPS) is 17.5. The highest BCUT2D eigenvalue weighted by Gasteiger charge is 2.25. The molecule has 0 spiro atoms. The van der Waals surface area contributed by atoms with Gasteiger partial charge in [0.05, 0.1) is 11.1 Å². The summed E-state index contributed by atoms with van der Waals surface area (Å²) >= 11 is 4.41. The first-order valence-corrected chi connectivity index (χ1v) is 11.9. The summed E-state index contributed by atoms with van der Waals surface area (Å²) < 4.78 is 0. The van der Waals surface area contributed by atoms with Crippen LogP contribution in [0.15, 0.2) is 32.8 Å². The minimum absolute atomic E-state index is 0.135. The predicted molar refractivity (Wildman–Crippen MR) is 114 cm³/mol. The van der Waals surface area contributed by atoms with Crippen LogP contribution in [0.2, 0.25) is 0 Å². The lowest BCUT2D eigenvalue weighted by Gasteiger charge is -2.35. The van der Waals surface area contributed by atoms with E-state index in [0.717, 1.165) is 41.1 Å². The highest BCUT2D eigenvalue weighted by Crippen LogP contribution is 2.34. The molecule has 8 heteroatoms. The average molecular weight is 420 g/mol. The van der Waals surface area contributed by atoms with Crippen LogP contribution in [0, 0.1) is 0 Å². The molecule has 3 aromatic rings. The Kier molecular flexibility index (Phi) is 5.66. The van der Waals surface area contributed by atoms with Gasteiger partial charge in [-0.15, -0.1) is 22.7 Å². The molecule has 4 heterocycles. The first-order chi connectivity index (χ1) is 13.2. The van der Waals surface area contributed by atoms with Gasteiger partial charge in [0.25, 0.3) is 5.56 Å². The number of aromatic amines is 1. The number of aromatic nitrogens is 2. The van der Waals surface area contributed by atoms with E-state index in [0.29, 0.717) is 22.3 Å². The molecule has 1 aliphatic heterocycles. The number of thioether (sulfide) groups is 1. The van der Waals surface area contributed by atoms with Crippen molar-refractivity contribution in [3.8, 4) is 10.4 Å². The fraction of sp³-hybridized carbons (Fsp3) is 0.421. The first kappa shape index (κ1) is 18.7. The van der Waals surface area contributed by atoms with E-state index in [9.17, 15) is 9.59 Å². The number of amides is 1. The molecule has 0 unspecified atom stereocenters. The lowest BCUT2D eigenvalue weighted by molar-refractivity contribution is -0.132. The van der Waals surface area contributed by atoms with Gasteiger partial charge in [-0.05, 0) is 37.1 Å². The second-order valence-electron chi connectivity index (χ2n) is 6.61. The maximum absolute atomic E-state index is 12.6. The van der Waals surface area contributed by atoms with E-state index in [1.165, 1.54) is 29.5 Å². The molecule has 5 nitrogen and oxygen atoms in total. The fourth-order valence-corrected chi connectivity index (χ4v) is 6.14. The fourth-order valence-electron chi connectivity index (χ4n) is 3.58. The number of carbonyl (C=O) groups excluding carboxylic acids is 1. The topological polar surface area (TPSA) is 66.1 Å². The lowest BCUT2D eigenvalue weighted by Crippen LogP contribution is -2.44. The van der Waals surface area contributed by atoms with Crippen molar-refractivity contribution >= 4 is 50.6 Å². The van der Waals surface area contributed by atoms with Gasteiger partial charge in [-0.25, -0.2) is 4.98 Å². The van der Waals surface area contributed by atoms with Crippen molar-refractivity contribution in [2.24, 2.45) is 0 Å². The van der Waals surface area contributed by atoms with Crippen molar-refractivity contribution in [3.05, 3.63) is 33.2 Å². The molecule has 3 aromatic heterocycles. The van der Waals surface area contributed by atoms with Gasteiger partial charge < -0.3 is 9.88 Å². The number of H-pyrrole nitrogens is 1. The van der Waals surface area contributed by atoms with E-state index in [4.69, 9.17) is 0 Å². The average Bonchev–Trinajstić information content (AvgIpc) is 3.35. The lowest BCUT2D eigenvalue weighted by atomic mass is 10.0. The summed E-state index contributed by atoms with van der Waals surface area (Å²) in [4.78, 5) is 36.5. The number of hydrogen-bond acceptors (Lipinski definition) is 6. The van der Waals surface area contributed by atoms with Crippen LogP contribution in [-0.4, -0.2) is 39.1 Å². The van der Waals surface area contributed by atoms with E-state index in [1.54, 1.807) is 11.3 Å². The summed E-state index contributed by atoms with van der Waals surface area (Å²) in [7, 11) is 0. The maximum atomic E-state index is 12.6. The van der Waals surface area contributed by atoms with E-state index in [2.05, 4.69) is 16.9 Å². The van der Waals surface area contributed by atoms with Gasteiger partial charge in [0.1, 0.15) is 4.83 Å². The number of thiophene rings is 2. The smallest absolute Gasteiger partial charge is 0.260 e. The molecular formula is C19H21N3O2S3. The molecule has 1 atom stereocenters. The number of rotatable bonds is 5. The molecule has 1 fully saturated rings. The van der Waals surface area contributed by atoms with Crippen LogP contribution in [0.3, 0.4) is 0 Å². The van der Waals surface area contributed by atoms with Gasteiger partial charge in [0, 0.05) is 28.4 Å². The molecule has 0 aromatic carbocycles. The third kappa shape index (κ3) is 3.83. The van der Waals surface area contributed by atoms with Crippen LogP contribution in [0.1, 0.15) is 32.6 Å². The van der Waals surface area contributed by atoms with Crippen molar-refractivity contribution in [2.45, 2.75) is 43.8 Å². The molecule has 1 amide bonds. The van der Waals surface area contributed by atoms with E-state index < -0.39 is 0 Å². The number of fused-ring (bicyclic) bond motifs is 1. The van der Waals surface area contributed by atoms with Crippen LogP contribution in [0.4, 0.5) is 0 Å². The number of hydrogen-bond donors (Lipinski definition) is 1. The van der Waals surface area contributed by atoms with E-state index in [-0.39, 0.29) is 11.5 Å². The summed E-state index contributed by atoms with van der Waals surface area (Å²) in [5.41, 5.74) is 0.800. The standard InChI is InChI=1S/C19H21N3O2S3/c1-2-12-6-3-4-8-22(12)15(23)11-27-19-20-17(24)16-13(10-26-18(16)21-19)14-7-5-9-25-14/h5,7,9-10,12H,2-4,6,8,11H2,1H3,(H,20,21,24)/t12-/m0/s1. The zero-order valence-electron chi connectivity index (χ0n) is 15.1. The Hall–Kier alpha value is -1.64. The highest BCUT2D eigenvalue weighted by atomic mass is 32.2. The van der Waals surface area contributed by atoms with Gasteiger partial charge in [-0.3, -0.25) is 9.59 Å². The monoisotopic (exact) mass is 419 g/mol. The van der Waals surface area contributed by atoms with Gasteiger partial charge in [-0.1, -0.05) is 24.8 Å². The van der Waals surface area contributed by atoms with E-state index >= 15 is 0 Å². The number of likely N-dealkylation sites (tertiary alicyclic amines) is 1. The Labute approximate surface area is 169 Å². The zero-order valence-corrected chi connectivity index (χ0v) is 17.5. The largest absolute Gasteiger partial charge is 0.339 e. The third-order valence-corrected chi connectivity index (χ3v) is 7.59. The summed E-state index contributed by atoms with van der Waals surface area (Å²) in [6, 6.07) is 4.34. The second kappa shape index (κ2) is 8.16. The first-order valence-electron chi connectivity index (χ1n) is 9.15. The highest BCUT2D eigenvalue weighted by molar-refractivity contribution is 7.99. The predicted octanol–water partition coefficient (Wildman–Crippen LogP) is 4.60. The minimum Gasteiger partial charge on any atom is -0.339 e. The van der Waals surface area contributed by atoms with Crippen molar-refractivity contribution < 1.29 is 4.79 Å². The summed E-state index contributed by atoms with van der Waals surface area (Å²) in [5.74, 6) is 0.452.